The zero-order chi connectivity index (χ0) is 13.5. The Labute approximate surface area is 110 Å². The van der Waals surface area contributed by atoms with Crippen LogP contribution in [0.3, 0.4) is 0 Å². The normalized spacial score (nSPS) is 12.2. The van der Waals surface area contributed by atoms with Gasteiger partial charge in [-0.1, -0.05) is 23.8 Å². The molecule has 1 unspecified atom stereocenters. The van der Waals surface area contributed by atoms with Gasteiger partial charge >= 0.3 is 5.97 Å². The smallest absolute Gasteiger partial charge is 0.307 e. The third-order valence-electron chi connectivity index (χ3n) is 3.10. The molecule has 0 spiro atoms. The van der Waals surface area contributed by atoms with Crippen molar-refractivity contribution >= 4 is 5.97 Å². The monoisotopic (exact) mass is 249 g/mol. The average molecular weight is 249 g/mol. The van der Waals surface area contributed by atoms with E-state index < -0.39 is 0 Å². The van der Waals surface area contributed by atoms with Gasteiger partial charge in [0.1, 0.15) is 0 Å². The molecule has 100 valence electrons. The molecule has 0 saturated carbocycles. The molecule has 1 aromatic rings. The Hall–Kier alpha value is -1.35. The van der Waals surface area contributed by atoms with Crippen molar-refractivity contribution in [3.8, 4) is 0 Å². The van der Waals surface area contributed by atoms with Crippen molar-refractivity contribution in [2.45, 2.75) is 39.7 Å². The summed E-state index contributed by atoms with van der Waals surface area (Å²) < 4.78 is 4.99. The number of rotatable bonds is 6. The highest BCUT2D eigenvalue weighted by atomic mass is 16.5. The van der Waals surface area contributed by atoms with Gasteiger partial charge in [0.15, 0.2) is 0 Å². The van der Waals surface area contributed by atoms with Gasteiger partial charge in [0.25, 0.3) is 0 Å². The zero-order valence-corrected chi connectivity index (χ0v) is 11.7. The Morgan fingerprint density at radius 3 is 2.72 bits per heavy atom. The first-order valence-corrected chi connectivity index (χ1v) is 6.45. The van der Waals surface area contributed by atoms with Crippen molar-refractivity contribution in [3.05, 3.63) is 34.9 Å². The largest absolute Gasteiger partial charge is 0.466 e. The Bertz CT molecular complexity index is 401. The topological polar surface area (TPSA) is 38.3 Å². The van der Waals surface area contributed by atoms with E-state index in [4.69, 9.17) is 4.74 Å². The summed E-state index contributed by atoms with van der Waals surface area (Å²) in [5, 5.41) is 3.19. The lowest BCUT2D eigenvalue weighted by molar-refractivity contribution is -0.143. The minimum Gasteiger partial charge on any atom is -0.466 e. The predicted molar refractivity (Wildman–Crippen MR) is 73.7 cm³/mol. The molecule has 0 amide bonds. The van der Waals surface area contributed by atoms with Crippen molar-refractivity contribution < 1.29 is 9.53 Å². The third-order valence-corrected chi connectivity index (χ3v) is 3.10. The van der Waals surface area contributed by atoms with Crippen molar-refractivity contribution in [2.75, 3.05) is 13.7 Å². The molecule has 0 aliphatic heterocycles. The van der Waals surface area contributed by atoms with Gasteiger partial charge in [-0.2, -0.15) is 0 Å². The highest BCUT2D eigenvalue weighted by molar-refractivity contribution is 5.70. The maximum atomic E-state index is 11.5. The van der Waals surface area contributed by atoms with Crippen LogP contribution in [-0.2, 0) is 16.0 Å². The molecular formula is C15H23NO2. The molecule has 0 aliphatic rings. The van der Waals surface area contributed by atoms with E-state index in [1.54, 1.807) is 0 Å². The predicted octanol–water partition coefficient (Wildman–Crippen LogP) is 2.39. The highest BCUT2D eigenvalue weighted by Crippen LogP contribution is 2.14. The van der Waals surface area contributed by atoms with Crippen LogP contribution >= 0.6 is 0 Å². The quantitative estimate of drug-likeness (QED) is 0.787. The summed E-state index contributed by atoms with van der Waals surface area (Å²) in [5.74, 6) is -0.137. The standard InChI is InChI=1S/C15H23NO2/c1-5-18-15(17)10-14(16-4)9-13-8-11(2)6-7-12(13)3/h6-8,14,16H,5,9-10H2,1-4H3. The SMILES string of the molecule is CCOC(=O)CC(Cc1cc(C)ccc1C)NC. The van der Waals surface area contributed by atoms with E-state index in [1.807, 2.05) is 14.0 Å². The van der Waals surface area contributed by atoms with Crippen LogP contribution in [0.25, 0.3) is 0 Å². The van der Waals surface area contributed by atoms with Gasteiger partial charge in [-0.15, -0.1) is 0 Å². The molecule has 3 nitrogen and oxygen atoms in total. The maximum absolute atomic E-state index is 11.5. The fourth-order valence-electron chi connectivity index (χ4n) is 1.98. The number of ether oxygens (including phenoxy) is 1. The number of likely N-dealkylation sites (N-methyl/N-ethyl adjacent to an activating group) is 1. The fourth-order valence-corrected chi connectivity index (χ4v) is 1.98. The van der Waals surface area contributed by atoms with Gasteiger partial charge in [0.2, 0.25) is 0 Å². The molecule has 0 aliphatic carbocycles. The minimum atomic E-state index is -0.137. The van der Waals surface area contributed by atoms with Gasteiger partial charge in [-0.3, -0.25) is 4.79 Å². The Kier molecular flexibility index (Phi) is 5.86. The van der Waals surface area contributed by atoms with E-state index in [2.05, 4.69) is 37.4 Å². The molecule has 0 radical (unpaired) electrons. The number of aryl methyl sites for hydroxylation is 2. The maximum Gasteiger partial charge on any atom is 0.307 e. The van der Waals surface area contributed by atoms with E-state index >= 15 is 0 Å². The Morgan fingerprint density at radius 1 is 1.39 bits per heavy atom. The Morgan fingerprint density at radius 2 is 2.11 bits per heavy atom. The first-order chi connectivity index (χ1) is 8.56. The summed E-state index contributed by atoms with van der Waals surface area (Å²) >= 11 is 0. The summed E-state index contributed by atoms with van der Waals surface area (Å²) in [6, 6.07) is 6.55. The molecule has 0 saturated heterocycles. The van der Waals surface area contributed by atoms with Crippen molar-refractivity contribution in [1.29, 1.82) is 0 Å². The van der Waals surface area contributed by atoms with Crippen LogP contribution in [0.1, 0.15) is 30.0 Å². The van der Waals surface area contributed by atoms with Crippen molar-refractivity contribution in [2.24, 2.45) is 0 Å². The van der Waals surface area contributed by atoms with Crippen LogP contribution in [-0.4, -0.2) is 25.7 Å². The molecule has 3 heteroatoms. The second-order valence-corrected chi connectivity index (χ2v) is 4.63. The van der Waals surface area contributed by atoms with E-state index in [0.717, 1.165) is 6.42 Å². The molecule has 0 heterocycles. The second-order valence-electron chi connectivity index (χ2n) is 4.63. The van der Waals surface area contributed by atoms with Crippen LogP contribution < -0.4 is 5.32 Å². The van der Waals surface area contributed by atoms with Gasteiger partial charge in [-0.25, -0.2) is 0 Å². The molecule has 0 bridgehead atoms. The number of carbonyl (C=O) groups is 1. The van der Waals surface area contributed by atoms with Gasteiger partial charge < -0.3 is 10.1 Å². The third kappa shape index (κ3) is 4.49. The highest BCUT2D eigenvalue weighted by Gasteiger charge is 2.14. The molecule has 1 rings (SSSR count). The van der Waals surface area contributed by atoms with Gasteiger partial charge in [-0.05, 0) is 45.4 Å². The fraction of sp³-hybridized carbons (Fsp3) is 0.533. The lowest BCUT2D eigenvalue weighted by atomic mass is 9.97. The van der Waals surface area contributed by atoms with Crippen molar-refractivity contribution in [3.63, 3.8) is 0 Å². The first-order valence-electron chi connectivity index (χ1n) is 6.45. The Balaban J connectivity index is 2.67. The van der Waals surface area contributed by atoms with Crippen LogP contribution in [0.15, 0.2) is 18.2 Å². The van der Waals surface area contributed by atoms with E-state index in [-0.39, 0.29) is 12.0 Å². The molecule has 1 atom stereocenters. The van der Waals surface area contributed by atoms with Crippen molar-refractivity contribution in [1.82, 2.24) is 5.32 Å². The molecule has 0 fully saturated rings. The summed E-state index contributed by atoms with van der Waals surface area (Å²) in [6.45, 7) is 6.46. The van der Waals surface area contributed by atoms with Crippen LogP contribution in [0.4, 0.5) is 0 Å². The van der Waals surface area contributed by atoms with Crippen LogP contribution in [0.2, 0.25) is 0 Å². The zero-order valence-electron chi connectivity index (χ0n) is 11.7. The van der Waals surface area contributed by atoms with Crippen LogP contribution in [0.5, 0.6) is 0 Å². The number of hydrogen-bond acceptors (Lipinski definition) is 3. The first kappa shape index (κ1) is 14.7. The second kappa shape index (κ2) is 7.17. The summed E-state index contributed by atoms with van der Waals surface area (Å²) in [4.78, 5) is 11.5. The minimum absolute atomic E-state index is 0.129. The van der Waals surface area contributed by atoms with Gasteiger partial charge in [0.05, 0.1) is 13.0 Å². The molecule has 18 heavy (non-hydrogen) atoms. The molecule has 1 aromatic carbocycles. The lowest BCUT2D eigenvalue weighted by Crippen LogP contribution is -2.31. The molecule has 1 N–H and O–H groups in total. The number of benzene rings is 1. The number of esters is 1. The van der Waals surface area contributed by atoms with E-state index in [9.17, 15) is 4.79 Å². The van der Waals surface area contributed by atoms with Gasteiger partial charge in [0, 0.05) is 6.04 Å². The number of carbonyl (C=O) groups excluding carboxylic acids is 1. The summed E-state index contributed by atoms with van der Waals surface area (Å²) in [6.07, 6.45) is 1.26. The van der Waals surface area contributed by atoms with E-state index in [0.29, 0.717) is 13.0 Å². The van der Waals surface area contributed by atoms with Crippen LogP contribution in [0, 0.1) is 13.8 Å². The number of nitrogens with one attached hydrogen (secondary N) is 1. The van der Waals surface area contributed by atoms with E-state index in [1.165, 1.54) is 16.7 Å². The lowest BCUT2D eigenvalue weighted by Gasteiger charge is -2.17. The molecular weight excluding hydrogens is 226 g/mol. The molecule has 0 aromatic heterocycles. The number of hydrogen-bond donors (Lipinski definition) is 1. The summed E-state index contributed by atoms with van der Waals surface area (Å²) in [5.41, 5.74) is 3.81. The summed E-state index contributed by atoms with van der Waals surface area (Å²) in [7, 11) is 1.88. The average Bonchev–Trinajstić information content (AvgIpc) is 2.33.